The molecule has 3 rings (SSSR count). The van der Waals surface area contributed by atoms with Crippen LogP contribution in [0.3, 0.4) is 0 Å². The molecule has 0 atom stereocenters. The van der Waals surface area contributed by atoms with E-state index in [1.165, 1.54) is 5.56 Å². The van der Waals surface area contributed by atoms with Gasteiger partial charge in [0.05, 0.1) is 19.8 Å². The van der Waals surface area contributed by atoms with E-state index in [2.05, 4.69) is 77.7 Å². The molecular weight excluding hydrogens is 362 g/mol. The number of hydrogen-bond acceptors (Lipinski definition) is 4. The first kappa shape index (κ1) is 21.1. The van der Waals surface area contributed by atoms with Crippen molar-refractivity contribution in [1.29, 1.82) is 0 Å². The summed E-state index contributed by atoms with van der Waals surface area (Å²) in [6, 6.07) is 14.7. The van der Waals surface area contributed by atoms with Crippen LogP contribution in [0.15, 0.2) is 53.7 Å². The monoisotopic (exact) mass is 395 g/mol. The van der Waals surface area contributed by atoms with Gasteiger partial charge in [-0.3, -0.25) is 0 Å². The Labute approximate surface area is 174 Å². The molecule has 1 saturated heterocycles. The predicted molar refractivity (Wildman–Crippen MR) is 120 cm³/mol. The van der Waals surface area contributed by atoms with Crippen LogP contribution in [0.2, 0.25) is 0 Å². The van der Waals surface area contributed by atoms with Gasteiger partial charge in [0.1, 0.15) is 5.82 Å². The number of hydrogen-bond donors (Lipinski definition) is 2. The Morgan fingerprint density at radius 1 is 1.10 bits per heavy atom. The molecular formula is C23H33N5O. The zero-order valence-electron chi connectivity index (χ0n) is 17.8. The molecule has 1 aromatic heterocycles. The Morgan fingerprint density at radius 3 is 2.59 bits per heavy atom. The van der Waals surface area contributed by atoms with Gasteiger partial charge in [-0.1, -0.05) is 50.2 Å². The van der Waals surface area contributed by atoms with Gasteiger partial charge >= 0.3 is 0 Å². The SMILES string of the molecule is CCNC(=NCc1cccnc1N1CCOCC1)NCC(C)(C)c1ccccc1. The maximum absolute atomic E-state index is 5.47. The number of nitrogens with zero attached hydrogens (tertiary/aromatic N) is 3. The quantitative estimate of drug-likeness (QED) is 0.558. The van der Waals surface area contributed by atoms with Gasteiger partial charge in [-0.25, -0.2) is 9.98 Å². The van der Waals surface area contributed by atoms with Crippen molar-refractivity contribution in [2.45, 2.75) is 32.7 Å². The number of pyridine rings is 1. The molecule has 0 spiro atoms. The van der Waals surface area contributed by atoms with Crippen LogP contribution in [0, 0.1) is 0 Å². The number of aromatic nitrogens is 1. The summed E-state index contributed by atoms with van der Waals surface area (Å²) in [5.41, 5.74) is 2.45. The summed E-state index contributed by atoms with van der Waals surface area (Å²) in [7, 11) is 0. The molecule has 1 aliphatic heterocycles. The maximum Gasteiger partial charge on any atom is 0.191 e. The van der Waals surface area contributed by atoms with E-state index in [1.807, 2.05) is 12.3 Å². The molecule has 1 aliphatic rings. The third-order valence-corrected chi connectivity index (χ3v) is 5.18. The van der Waals surface area contributed by atoms with Gasteiger partial charge in [0.15, 0.2) is 5.96 Å². The van der Waals surface area contributed by atoms with Gasteiger partial charge in [0, 0.05) is 43.4 Å². The second-order valence-electron chi connectivity index (χ2n) is 7.88. The van der Waals surface area contributed by atoms with Gasteiger partial charge in [-0.15, -0.1) is 0 Å². The molecule has 29 heavy (non-hydrogen) atoms. The number of anilines is 1. The van der Waals surface area contributed by atoms with Crippen LogP contribution in [0.5, 0.6) is 0 Å². The van der Waals surface area contributed by atoms with Crippen molar-refractivity contribution in [2.24, 2.45) is 4.99 Å². The van der Waals surface area contributed by atoms with Crippen LogP contribution in [0.25, 0.3) is 0 Å². The molecule has 0 radical (unpaired) electrons. The number of rotatable bonds is 7. The molecule has 0 amide bonds. The van der Waals surface area contributed by atoms with E-state index in [4.69, 9.17) is 9.73 Å². The summed E-state index contributed by atoms with van der Waals surface area (Å²) in [5, 5.41) is 6.87. The summed E-state index contributed by atoms with van der Waals surface area (Å²) in [6.07, 6.45) is 1.85. The molecule has 2 aromatic rings. The number of ether oxygens (including phenoxy) is 1. The summed E-state index contributed by atoms with van der Waals surface area (Å²) >= 11 is 0. The van der Waals surface area contributed by atoms with E-state index < -0.39 is 0 Å². The standard InChI is InChI=1S/C23H33N5O/c1-4-24-22(27-18-23(2,3)20-10-6-5-7-11-20)26-17-19-9-8-12-25-21(19)28-13-15-29-16-14-28/h5-12H,4,13-18H2,1-3H3,(H2,24,26,27). The van der Waals surface area contributed by atoms with E-state index in [9.17, 15) is 0 Å². The van der Waals surface area contributed by atoms with Crippen LogP contribution >= 0.6 is 0 Å². The van der Waals surface area contributed by atoms with E-state index in [-0.39, 0.29) is 5.41 Å². The highest BCUT2D eigenvalue weighted by molar-refractivity contribution is 5.80. The second-order valence-corrected chi connectivity index (χ2v) is 7.88. The molecule has 0 bridgehead atoms. The fourth-order valence-electron chi connectivity index (χ4n) is 3.42. The number of benzene rings is 1. The minimum absolute atomic E-state index is 0.00468. The van der Waals surface area contributed by atoms with Crippen LogP contribution in [0.1, 0.15) is 31.9 Å². The Hall–Kier alpha value is -2.60. The highest BCUT2D eigenvalue weighted by Gasteiger charge is 2.21. The van der Waals surface area contributed by atoms with Gasteiger partial charge < -0.3 is 20.3 Å². The molecule has 0 saturated carbocycles. The van der Waals surface area contributed by atoms with E-state index in [1.54, 1.807) is 0 Å². The first-order chi connectivity index (χ1) is 14.1. The van der Waals surface area contributed by atoms with Crippen molar-refractivity contribution >= 4 is 11.8 Å². The smallest absolute Gasteiger partial charge is 0.191 e. The summed E-state index contributed by atoms with van der Waals surface area (Å²) < 4.78 is 5.47. The molecule has 0 unspecified atom stereocenters. The van der Waals surface area contributed by atoms with Gasteiger partial charge in [0.2, 0.25) is 0 Å². The first-order valence-corrected chi connectivity index (χ1v) is 10.4. The van der Waals surface area contributed by atoms with Crippen LogP contribution in [-0.2, 0) is 16.7 Å². The Bertz CT molecular complexity index is 785. The average Bonchev–Trinajstić information content (AvgIpc) is 2.77. The van der Waals surface area contributed by atoms with Crippen molar-refractivity contribution in [3.8, 4) is 0 Å². The number of nitrogens with one attached hydrogen (secondary N) is 2. The van der Waals surface area contributed by atoms with Crippen LogP contribution < -0.4 is 15.5 Å². The van der Waals surface area contributed by atoms with Crippen molar-refractivity contribution in [2.75, 3.05) is 44.3 Å². The van der Waals surface area contributed by atoms with Gasteiger partial charge in [-0.2, -0.15) is 0 Å². The minimum Gasteiger partial charge on any atom is -0.378 e. The lowest BCUT2D eigenvalue weighted by atomic mass is 9.85. The topological polar surface area (TPSA) is 61.8 Å². The van der Waals surface area contributed by atoms with Crippen molar-refractivity contribution in [1.82, 2.24) is 15.6 Å². The lowest BCUT2D eigenvalue weighted by molar-refractivity contribution is 0.122. The maximum atomic E-state index is 5.47. The summed E-state index contributed by atoms with van der Waals surface area (Å²) in [5.74, 6) is 1.84. The molecule has 156 valence electrons. The van der Waals surface area contributed by atoms with Gasteiger partial charge in [-0.05, 0) is 18.6 Å². The Balaban J connectivity index is 1.68. The molecule has 2 heterocycles. The fraction of sp³-hybridized carbons (Fsp3) is 0.478. The van der Waals surface area contributed by atoms with Crippen molar-refractivity contribution in [3.05, 3.63) is 59.8 Å². The fourth-order valence-corrected chi connectivity index (χ4v) is 3.42. The largest absolute Gasteiger partial charge is 0.378 e. The highest BCUT2D eigenvalue weighted by atomic mass is 16.5. The third kappa shape index (κ3) is 5.94. The number of aliphatic imine (C=N–C) groups is 1. The summed E-state index contributed by atoms with van der Waals surface area (Å²) in [6.45, 7) is 12.0. The summed E-state index contributed by atoms with van der Waals surface area (Å²) in [4.78, 5) is 11.7. The lowest BCUT2D eigenvalue weighted by Gasteiger charge is -2.29. The predicted octanol–water partition coefficient (Wildman–Crippen LogP) is 2.95. The molecule has 1 fully saturated rings. The average molecular weight is 396 g/mol. The Kier molecular flexibility index (Phi) is 7.47. The number of morpholine rings is 1. The lowest BCUT2D eigenvalue weighted by Crippen LogP contribution is -2.43. The molecule has 6 nitrogen and oxygen atoms in total. The van der Waals surface area contributed by atoms with E-state index in [0.29, 0.717) is 6.54 Å². The third-order valence-electron chi connectivity index (χ3n) is 5.18. The molecule has 0 aliphatic carbocycles. The first-order valence-electron chi connectivity index (χ1n) is 10.4. The van der Waals surface area contributed by atoms with Crippen molar-refractivity contribution < 1.29 is 4.74 Å². The minimum atomic E-state index is 0.00468. The Morgan fingerprint density at radius 2 is 1.86 bits per heavy atom. The van der Waals surface area contributed by atoms with Crippen LogP contribution in [0.4, 0.5) is 5.82 Å². The molecule has 2 N–H and O–H groups in total. The molecule has 6 heteroatoms. The van der Waals surface area contributed by atoms with Crippen LogP contribution in [-0.4, -0.2) is 50.3 Å². The zero-order chi connectivity index (χ0) is 20.5. The van der Waals surface area contributed by atoms with Gasteiger partial charge in [0.25, 0.3) is 0 Å². The van der Waals surface area contributed by atoms with E-state index in [0.717, 1.165) is 56.7 Å². The van der Waals surface area contributed by atoms with E-state index >= 15 is 0 Å². The second kappa shape index (κ2) is 10.3. The van der Waals surface area contributed by atoms with Crippen molar-refractivity contribution in [3.63, 3.8) is 0 Å². The molecule has 1 aromatic carbocycles. The number of guanidine groups is 1. The highest BCUT2D eigenvalue weighted by Crippen LogP contribution is 2.22. The zero-order valence-corrected chi connectivity index (χ0v) is 17.8. The normalized spacial score (nSPS) is 15.3.